The van der Waals surface area contributed by atoms with Crippen molar-refractivity contribution in [2.75, 3.05) is 19.0 Å². The molecule has 173 valence electrons. The highest BCUT2D eigenvalue weighted by molar-refractivity contribution is 5.89. The van der Waals surface area contributed by atoms with E-state index in [2.05, 4.69) is 22.5 Å². The molecule has 0 bridgehead atoms. The topological polar surface area (TPSA) is 83.6 Å². The lowest BCUT2D eigenvalue weighted by molar-refractivity contribution is 0.114. The summed E-state index contributed by atoms with van der Waals surface area (Å²) < 4.78 is 32.4. The first-order valence-electron chi connectivity index (χ1n) is 10.4. The lowest BCUT2D eigenvalue weighted by Gasteiger charge is -2.28. The number of nitrogens with zero attached hydrogens (tertiary/aromatic N) is 2. The summed E-state index contributed by atoms with van der Waals surface area (Å²) in [4.78, 5) is 30.3. The third kappa shape index (κ3) is 6.38. The molecule has 0 unspecified atom stereocenters. The zero-order valence-electron chi connectivity index (χ0n) is 18.2. The number of carbonyl (C=O) groups excluding carboxylic acids is 2. The lowest BCUT2D eigenvalue weighted by Crippen LogP contribution is -2.46. The summed E-state index contributed by atoms with van der Waals surface area (Å²) in [5.41, 5.74) is 0.0315. The molecule has 0 spiro atoms. The van der Waals surface area contributed by atoms with Gasteiger partial charge in [0.1, 0.15) is 12.4 Å². The number of rotatable bonds is 8. The predicted molar refractivity (Wildman–Crippen MR) is 121 cm³/mol. The molecule has 1 radical (unpaired) electrons. The van der Waals surface area contributed by atoms with Crippen molar-refractivity contribution in [3.63, 3.8) is 0 Å². The number of carbonyl (C=O) groups is 2. The van der Waals surface area contributed by atoms with Gasteiger partial charge in [0, 0.05) is 30.7 Å². The van der Waals surface area contributed by atoms with Gasteiger partial charge in [-0.2, -0.15) is 0 Å². The van der Waals surface area contributed by atoms with Crippen LogP contribution in [-0.4, -0.2) is 41.7 Å². The maximum atomic E-state index is 13.8. The largest absolute Gasteiger partial charge is 0.447 e. The van der Waals surface area contributed by atoms with Crippen LogP contribution in [0.1, 0.15) is 18.4 Å². The quantitative estimate of drug-likeness (QED) is 0.507. The summed E-state index contributed by atoms with van der Waals surface area (Å²) in [5.74, 6) is -1.64. The molecule has 33 heavy (non-hydrogen) atoms. The fourth-order valence-corrected chi connectivity index (χ4v) is 3.24. The first kappa shape index (κ1) is 23.9. The van der Waals surface area contributed by atoms with Crippen LogP contribution in [0.4, 0.5) is 24.2 Å². The first-order valence-corrected chi connectivity index (χ1v) is 10.4. The van der Waals surface area contributed by atoms with Gasteiger partial charge in [-0.3, -0.25) is 5.32 Å². The number of ether oxygens (including phenoxy) is 1. The number of pyridine rings is 1. The molecule has 9 heteroatoms. The van der Waals surface area contributed by atoms with Gasteiger partial charge in [-0.25, -0.2) is 23.4 Å². The standard InChI is InChI=1S/C24H25F2N4O3/c1-3-7-19(30(2)23(31)28-14-18-10-6-11-20(25)22(18)26)15-33-24(32)29-21-12-16-8-4-5-9-17(16)13-27-21/h4-6,8-13,19H,1,3,7,14-15H2,2H3,(H,28,31)(H,27,29,32)/t19-/m0/s1. The van der Waals surface area contributed by atoms with Crippen LogP contribution in [0, 0.1) is 18.6 Å². The maximum Gasteiger partial charge on any atom is 0.412 e. The van der Waals surface area contributed by atoms with Crippen LogP contribution in [0.15, 0.2) is 54.7 Å². The van der Waals surface area contributed by atoms with Crippen molar-refractivity contribution in [3.8, 4) is 0 Å². The van der Waals surface area contributed by atoms with E-state index in [9.17, 15) is 18.4 Å². The van der Waals surface area contributed by atoms with Crippen LogP contribution in [0.3, 0.4) is 0 Å². The number of hydrogen-bond acceptors (Lipinski definition) is 4. The third-order valence-electron chi connectivity index (χ3n) is 5.13. The van der Waals surface area contributed by atoms with Crippen molar-refractivity contribution in [1.82, 2.24) is 15.2 Å². The minimum atomic E-state index is -1.00. The third-order valence-corrected chi connectivity index (χ3v) is 5.13. The van der Waals surface area contributed by atoms with Crippen LogP contribution in [0.25, 0.3) is 10.8 Å². The Hall–Kier alpha value is -3.75. The van der Waals surface area contributed by atoms with E-state index in [4.69, 9.17) is 4.74 Å². The molecule has 3 aromatic rings. The van der Waals surface area contributed by atoms with Crippen molar-refractivity contribution >= 4 is 28.7 Å². The molecule has 1 aromatic heterocycles. The van der Waals surface area contributed by atoms with Gasteiger partial charge in [0.15, 0.2) is 11.6 Å². The maximum absolute atomic E-state index is 13.8. The van der Waals surface area contributed by atoms with Crippen LogP contribution in [-0.2, 0) is 11.3 Å². The second-order valence-electron chi connectivity index (χ2n) is 7.42. The van der Waals surface area contributed by atoms with E-state index in [1.54, 1.807) is 12.3 Å². The number of hydrogen-bond donors (Lipinski definition) is 2. The number of halogens is 2. The number of anilines is 1. The Morgan fingerprint density at radius 3 is 2.67 bits per heavy atom. The number of aromatic nitrogens is 1. The molecular weight excluding hydrogens is 430 g/mol. The first-order chi connectivity index (χ1) is 15.9. The van der Waals surface area contributed by atoms with Gasteiger partial charge in [0.05, 0.1) is 6.04 Å². The SMILES string of the molecule is [CH2]CC[C@@H](COC(=O)Nc1cc2ccccc2cn1)N(C)C(=O)NCc1cccc(F)c1F. The second-order valence-corrected chi connectivity index (χ2v) is 7.42. The lowest BCUT2D eigenvalue weighted by atomic mass is 10.1. The zero-order chi connectivity index (χ0) is 23.8. The van der Waals surface area contributed by atoms with E-state index < -0.39 is 29.8 Å². The minimum absolute atomic E-state index is 0.0315. The summed E-state index contributed by atoms with van der Waals surface area (Å²) in [6.45, 7) is 3.53. The van der Waals surface area contributed by atoms with E-state index in [0.29, 0.717) is 18.7 Å². The van der Waals surface area contributed by atoms with E-state index in [-0.39, 0.29) is 18.7 Å². The molecule has 0 saturated heterocycles. The monoisotopic (exact) mass is 455 g/mol. The molecule has 1 heterocycles. The summed E-state index contributed by atoms with van der Waals surface area (Å²) in [6.07, 6.45) is 1.91. The molecule has 0 aliphatic carbocycles. The van der Waals surface area contributed by atoms with Crippen molar-refractivity contribution in [2.24, 2.45) is 0 Å². The van der Waals surface area contributed by atoms with Crippen molar-refractivity contribution in [3.05, 3.63) is 78.8 Å². The zero-order valence-corrected chi connectivity index (χ0v) is 18.2. The number of benzene rings is 2. The van der Waals surface area contributed by atoms with Crippen molar-refractivity contribution in [1.29, 1.82) is 0 Å². The van der Waals surface area contributed by atoms with Crippen LogP contribution in [0.5, 0.6) is 0 Å². The molecule has 3 rings (SSSR count). The Kier molecular flexibility index (Phi) is 8.12. The van der Waals surface area contributed by atoms with Gasteiger partial charge < -0.3 is 15.0 Å². The molecule has 1 atom stereocenters. The van der Waals surface area contributed by atoms with Gasteiger partial charge in [-0.15, -0.1) is 0 Å². The molecule has 2 aromatic carbocycles. The predicted octanol–water partition coefficient (Wildman–Crippen LogP) is 4.89. The number of likely N-dealkylation sites (N-methyl/N-ethyl adjacent to an activating group) is 1. The van der Waals surface area contributed by atoms with Gasteiger partial charge >= 0.3 is 12.1 Å². The molecule has 3 amide bonds. The van der Waals surface area contributed by atoms with Gasteiger partial charge in [0.25, 0.3) is 0 Å². The molecule has 2 N–H and O–H groups in total. The highest BCUT2D eigenvalue weighted by Gasteiger charge is 2.21. The fourth-order valence-electron chi connectivity index (χ4n) is 3.24. The average Bonchev–Trinajstić information content (AvgIpc) is 2.82. The smallest absolute Gasteiger partial charge is 0.412 e. The summed E-state index contributed by atoms with van der Waals surface area (Å²) in [6, 6.07) is 12.1. The Morgan fingerprint density at radius 2 is 1.91 bits per heavy atom. The summed E-state index contributed by atoms with van der Waals surface area (Å²) in [7, 11) is 1.53. The van der Waals surface area contributed by atoms with Crippen molar-refractivity contribution < 1.29 is 23.1 Å². The Morgan fingerprint density at radius 1 is 1.15 bits per heavy atom. The van der Waals surface area contributed by atoms with E-state index in [1.165, 1.54) is 24.1 Å². The van der Waals surface area contributed by atoms with Gasteiger partial charge in [-0.1, -0.05) is 49.7 Å². The molecule has 0 fully saturated rings. The molecule has 7 nitrogen and oxygen atoms in total. The Labute approximate surface area is 190 Å². The van der Waals surface area contributed by atoms with Crippen LogP contribution < -0.4 is 10.6 Å². The normalized spacial score (nSPS) is 11.6. The van der Waals surface area contributed by atoms with Gasteiger partial charge in [-0.05, 0) is 23.9 Å². The fraction of sp³-hybridized carbons (Fsp3) is 0.250. The highest BCUT2D eigenvalue weighted by Crippen LogP contribution is 2.16. The Bertz CT molecular complexity index is 1130. The summed E-state index contributed by atoms with van der Waals surface area (Å²) in [5, 5.41) is 6.98. The number of amides is 3. The number of urea groups is 1. The van der Waals surface area contributed by atoms with E-state index in [1.807, 2.05) is 24.3 Å². The van der Waals surface area contributed by atoms with E-state index >= 15 is 0 Å². The van der Waals surface area contributed by atoms with Gasteiger partial charge in [0.2, 0.25) is 0 Å². The second kappa shape index (κ2) is 11.2. The van der Waals surface area contributed by atoms with Crippen LogP contribution >= 0.6 is 0 Å². The van der Waals surface area contributed by atoms with Crippen LogP contribution in [0.2, 0.25) is 0 Å². The number of nitrogens with one attached hydrogen (secondary N) is 2. The van der Waals surface area contributed by atoms with E-state index in [0.717, 1.165) is 16.8 Å². The molecule has 0 saturated carbocycles. The number of fused-ring (bicyclic) bond motifs is 1. The summed E-state index contributed by atoms with van der Waals surface area (Å²) >= 11 is 0. The molecule has 0 aliphatic heterocycles. The Balaban J connectivity index is 1.54. The minimum Gasteiger partial charge on any atom is -0.447 e. The average molecular weight is 455 g/mol. The molecular formula is C24H25F2N4O3. The molecule has 0 aliphatic rings. The van der Waals surface area contributed by atoms with Crippen molar-refractivity contribution in [2.45, 2.75) is 25.4 Å². The highest BCUT2D eigenvalue weighted by atomic mass is 19.2.